The lowest BCUT2D eigenvalue weighted by molar-refractivity contribution is 0.153. The van der Waals surface area contributed by atoms with Gasteiger partial charge in [-0.2, -0.15) is 0 Å². The minimum Gasteiger partial charge on any atom is -0.380 e. The summed E-state index contributed by atoms with van der Waals surface area (Å²) in [6, 6.07) is 5.18. The van der Waals surface area contributed by atoms with Crippen LogP contribution in [-0.2, 0) is 14.8 Å². The second-order valence-electron chi connectivity index (χ2n) is 3.93. The number of sulfonamides is 1. The largest absolute Gasteiger partial charge is 0.380 e. The van der Waals surface area contributed by atoms with E-state index in [4.69, 9.17) is 10.6 Å². The maximum absolute atomic E-state index is 12.3. The van der Waals surface area contributed by atoms with E-state index in [1.54, 1.807) is 24.4 Å². The van der Waals surface area contributed by atoms with Crippen molar-refractivity contribution in [3.63, 3.8) is 0 Å². The van der Waals surface area contributed by atoms with Crippen molar-refractivity contribution in [3.05, 3.63) is 24.4 Å². The number of nitrogens with one attached hydrogen (secondary N) is 2. The van der Waals surface area contributed by atoms with Crippen LogP contribution in [0.15, 0.2) is 29.4 Å². The van der Waals surface area contributed by atoms with Gasteiger partial charge in [0.05, 0.1) is 6.61 Å². The fraction of sp³-hybridized carbons (Fsp3) is 0.364. The summed E-state index contributed by atoms with van der Waals surface area (Å²) in [6.07, 6.45) is 1.61. The average molecular weight is 299 g/mol. The molecule has 2 aromatic heterocycles. The van der Waals surface area contributed by atoms with Crippen LogP contribution in [0.1, 0.15) is 6.92 Å². The lowest BCUT2D eigenvalue weighted by Crippen LogP contribution is -2.29. The molecular formula is C11H17N5O3S. The molecule has 4 N–H and O–H groups in total. The molecule has 2 heterocycles. The van der Waals surface area contributed by atoms with Crippen LogP contribution < -0.4 is 16.0 Å². The zero-order valence-corrected chi connectivity index (χ0v) is 11.9. The van der Waals surface area contributed by atoms with E-state index in [1.807, 2.05) is 6.92 Å². The number of anilines is 1. The van der Waals surface area contributed by atoms with E-state index in [1.165, 1.54) is 4.40 Å². The lowest BCUT2D eigenvalue weighted by Gasteiger charge is -2.08. The zero-order chi connectivity index (χ0) is 14.6. The average Bonchev–Trinajstić information content (AvgIpc) is 2.83. The van der Waals surface area contributed by atoms with Crippen molar-refractivity contribution in [3.8, 4) is 0 Å². The number of aromatic nitrogens is 2. The third-order valence-electron chi connectivity index (χ3n) is 2.62. The van der Waals surface area contributed by atoms with Gasteiger partial charge >= 0.3 is 0 Å². The number of nitrogens with two attached hydrogens (primary N) is 1. The summed E-state index contributed by atoms with van der Waals surface area (Å²) in [4.78, 5) is 4.12. The van der Waals surface area contributed by atoms with Crippen molar-refractivity contribution in [2.75, 3.05) is 25.2 Å². The fourth-order valence-corrected chi connectivity index (χ4v) is 3.05. The van der Waals surface area contributed by atoms with Crippen LogP contribution in [-0.4, -0.2) is 37.6 Å². The second kappa shape index (κ2) is 6.18. The maximum Gasteiger partial charge on any atom is 0.260 e. The Hall–Kier alpha value is -1.68. The molecule has 0 atom stereocenters. The van der Waals surface area contributed by atoms with Crippen LogP contribution in [0, 0.1) is 0 Å². The van der Waals surface area contributed by atoms with Gasteiger partial charge in [0.25, 0.3) is 10.0 Å². The predicted molar refractivity (Wildman–Crippen MR) is 74.7 cm³/mol. The third-order valence-corrected chi connectivity index (χ3v) is 4.10. The van der Waals surface area contributed by atoms with E-state index < -0.39 is 10.0 Å². The summed E-state index contributed by atoms with van der Waals surface area (Å²) >= 11 is 0. The van der Waals surface area contributed by atoms with Gasteiger partial charge in [-0.1, -0.05) is 6.07 Å². The highest BCUT2D eigenvalue weighted by atomic mass is 32.2. The van der Waals surface area contributed by atoms with Gasteiger partial charge in [-0.25, -0.2) is 24.0 Å². The Kier molecular flexibility index (Phi) is 4.55. The number of hydrogen-bond donors (Lipinski definition) is 3. The van der Waals surface area contributed by atoms with Crippen LogP contribution in [0.25, 0.3) is 5.65 Å². The van der Waals surface area contributed by atoms with Crippen LogP contribution in [0.3, 0.4) is 0 Å². The van der Waals surface area contributed by atoms with Gasteiger partial charge in [0.2, 0.25) is 0 Å². The van der Waals surface area contributed by atoms with Crippen molar-refractivity contribution in [1.82, 2.24) is 14.1 Å². The number of hydrazine groups is 1. The van der Waals surface area contributed by atoms with Gasteiger partial charge in [0.1, 0.15) is 5.65 Å². The number of ether oxygens (including phenoxy) is 1. The Balaban J connectivity index is 2.35. The Labute approximate surface area is 117 Å². The first-order chi connectivity index (χ1) is 9.60. The summed E-state index contributed by atoms with van der Waals surface area (Å²) in [5.74, 6) is 5.44. The first-order valence-electron chi connectivity index (χ1n) is 6.11. The summed E-state index contributed by atoms with van der Waals surface area (Å²) in [5, 5.41) is -0.0212. The van der Waals surface area contributed by atoms with Crippen molar-refractivity contribution >= 4 is 21.5 Å². The topological polar surface area (TPSA) is 111 Å². The van der Waals surface area contributed by atoms with E-state index in [2.05, 4.69) is 15.1 Å². The van der Waals surface area contributed by atoms with E-state index >= 15 is 0 Å². The molecule has 0 aliphatic carbocycles. The maximum atomic E-state index is 12.3. The van der Waals surface area contributed by atoms with Crippen LogP contribution in [0.5, 0.6) is 0 Å². The number of imidazole rings is 1. The SMILES string of the molecule is CCOCCNS(=O)(=O)c1c(NN)nc2ccccn12. The first-order valence-corrected chi connectivity index (χ1v) is 7.59. The van der Waals surface area contributed by atoms with Gasteiger partial charge in [0, 0.05) is 19.3 Å². The van der Waals surface area contributed by atoms with E-state index in [-0.39, 0.29) is 17.4 Å². The molecule has 0 aliphatic heterocycles. The molecule has 0 amide bonds. The molecule has 0 radical (unpaired) electrons. The van der Waals surface area contributed by atoms with Gasteiger partial charge in [0.15, 0.2) is 10.8 Å². The molecule has 0 bridgehead atoms. The predicted octanol–water partition coefficient (Wildman–Crippen LogP) is -0.0653. The molecule has 0 spiro atoms. The Morgan fingerprint density at radius 1 is 1.45 bits per heavy atom. The van der Waals surface area contributed by atoms with E-state index in [0.29, 0.717) is 18.9 Å². The highest BCUT2D eigenvalue weighted by Crippen LogP contribution is 2.21. The third kappa shape index (κ3) is 2.90. The standard InChI is InChI=1S/C11H17N5O3S/c1-2-19-8-6-13-20(17,18)11-10(15-12)14-9-5-3-4-7-16(9)11/h3-5,7,13,15H,2,6,8,12H2,1H3. The molecule has 2 aromatic rings. The normalized spacial score (nSPS) is 11.9. The number of hydrogen-bond acceptors (Lipinski definition) is 6. The lowest BCUT2D eigenvalue weighted by atomic mass is 10.5. The molecule has 0 aliphatic rings. The van der Waals surface area contributed by atoms with Crippen LogP contribution >= 0.6 is 0 Å². The van der Waals surface area contributed by atoms with Gasteiger partial charge < -0.3 is 10.2 Å². The molecule has 0 fully saturated rings. The molecule has 0 unspecified atom stereocenters. The molecular weight excluding hydrogens is 282 g/mol. The Morgan fingerprint density at radius 2 is 2.25 bits per heavy atom. The van der Waals surface area contributed by atoms with Gasteiger partial charge in [-0.05, 0) is 19.1 Å². The smallest absolute Gasteiger partial charge is 0.260 e. The Bertz CT molecular complexity index is 682. The minimum absolute atomic E-state index is 0.0212. The zero-order valence-electron chi connectivity index (χ0n) is 11.0. The summed E-state index contributed by atoms with van der Waals surface area (Å²) in [7, 11) is -3.74. The summed E-state index contributed by atoms with van der Waals surface area (Å²) in [5.41, 5.74) is 2.80. The molecule has 2 rings (SSSR count). The molecule has 0 saturated carbocycles. The number of nitrogens with zero attached hydrogens (tertiary/aromatic N) is 2. The number of nitrogen functional groups attached to an aromatic ring is 1. The highest BCUT2D eigenvalue weighted by molar-refractivity contribution is 7.89. The summed E-state index contributed by atoms with van der Waals surface area (Å²) < 4.78 is 33.7. The molecule has 0 aromatic carbocycles. The number of fused-ring (bicyclic) bond motifs is 1. The number of rotatable bonds is 7. The monoisotopic (exact) mass is 299 g/mol. The van der Waals surface area contributed by atoms with E-state index in [0.717, 1.165) is 0 Å². The molecule has 110 valence electrons. The summed E-state index contributed by atoms with van der Waals surface area (Å²) in [6.45, 7) is 2.86. The van der Waals surface area contributed by atoms with Gasteiger partial charge in [-0.15, -0.1) is 0 Å². The minimum atomic E-state index is -3.74. The van der Waals surface area contributed by atoms with Crippen molar-refractivity contribution in [2.45, 2.75) is 11.9 Å². The fourth-order valence-electron chi connectivity index (χ4n) is 1.79. The van der Waals surface area contributed by atoms with Crippen molar-refractivity contribution in [1.29, 1.82) is 0 Å². The Morgan fingerprint density at radius 3 is 2.95 bits per heavy atom. The second-order valence-corrected chi connectivity index (χ2v) is 5.62. The first kappa shape index (κ1) is 14.7. The quantitative estimate of drug-likeness (QED) is 0.375. The van der Waals surface area contributed by atoms with Crippen molar-refractivity contribution < 1.29 is 13.2 Å². The highest BCUT2D eigenvalue weighted by Gasteiger charge is 2.24. The van der Waals surface area contributed by atoms with Crippen molar-refractivity contribution in [2.24, 2.45) is 5.84 Å². The molecule has 20 heavy (non-hydrogen) atoms. The van der Waals surface area contributed by atoms with Gasteiger partial charge in [-0.3, -0.25) is 4.40 Å². The molecule has 0 saturated heterocycles. The number of pyridine rings is 1. The van der Waals surface area contributed by atoms with Crippen LogP contribution in [0.4, 0.5) is 5.82 Å². The molecule has 9 heteroatoms. The molecule has 8 nitrogen and oxygen atoms in total. The van der Waals surface area contributed by atoms with Crippen LogP contribution in [0.2, 0.25) is 0 Å². The van der Waals surface area contributed by atoms with E-state index in [9.17, 15) is 8.42 Å².